The number of fused-ring (bicyclic) bond motifs is 1. The molecule has 1 atom stereocenters. The van der Waals surface area contributed by atoms with Gasteiger partial charge in [-0.25, -0.2) is 0 Å². The molecule has 1 heterocycles. The van der Waals surface area contributed by atoms with Gasteiger partial charge in [0, 0.05) is 11.3 Å². The minimum atomic E-state index is -0.337. The van der Waals surface area contributed by atoms with Gasteiger partial charge in [0.05, 0.1) is 25.7 Å². The van der Waals surface area contributed by atoms with E-state index in [1.54, 1.807) is 11.8 Å². The van der Waals surface area contributed by atoms with E-state index in [4.69, 9.17) is 9.47 Å². The van der Waals surface area contributed by atoms with Gasteiger partial charge < -0.3 is 14.4 Å². The smallest absolute Gasteiger partial charge is 0.312 e. The number of benzene rings is 2. The van der Waals surface area contributed by atoms with Gasteiger partial charge in [0.25, 0.3) is 5.91 Å². The zero-order valence-electron chi connectivity index (χ0n) is 15.5. The van der Waals surface area contributed by atoms with Crippen LogP contribution in [0.1, 0.15) is 48.2 Å². The first kappa shape index (κ1) is 18.0. The Bertz CT molecular complexity index is 826. The third kappa shape index (κ3) is 3.43. The minimum absolute atomic E-state index is 0.0389. The first-order valence-corrected chi connectivity index (χ1v) is 8.70. The normalized spacial score (nSPS) is 14.3. The Morgan fingerprint density at radius 1 is 1.08 bits per heavy atom. The summed E-state index contributed by atoms with van der Waals surface area (Å²) < 4.78 is 10.5. The highest BCUT2D eigenvalue weighted by Crippen LogP contribution is 2.31. The number of esters is 1. The van der Waals surface area contributed by atoms with Crippen LogP contribution < -0.4 is 9.64 Å². The highest BCUT2D eigenvalue weighted by atomic mass is 16.5. The van der Waals surface area contributed by atoms with Gasteiger partial charge in [-0.1, -0.05) is 18.2 Å². The molecule has 0 saturated carbocycles. The van der Waals surface area contributed by atoms with E-state index in [1.165, 1.54) is 7.11 Å². The van der Waals surface area contributed by atoms with Crippen LogP contribution in [0.2, 0.25) is 0 Å². The molecule has 0 radical (unpaired) electrons. The van der Waals surface area contributed by atoms with Gasteiger partial charge in [-0.2, -0.15) is 0 Å². The van der Waals surface area contributed by atoms with E-state index in [9.17, 15) is 9.59 Å². The molecule has 2 aromatic carbocycles. The van der Waals surface area contributed by atoms with Crippen molar-refractivity contribution in [2.24, 2.45) is 0 Å². The van der Waals surface area contributed by atoms with Crippen molar-refractivity contribution in [1.29, 1.82) is 0 Å². The third-order valence-corrected chi connectivity index (χ3v) is 4.52. The van der Waals surface area contributed by atoms with Crippen LogP contribution in [0.15, 0.2) is 42.5 Å². The average molecular weight is 353 g/mol. The second kappa shape index (κ2) is 7.20. The molecule has 0 aromatic heterocycles. The summed E-state index contributed by atoms with van der Waals surface area (Å²) in [6, 6.07) is 13.1. The van der Waals surface area contributed by atoms with E-state index in [2.05, 4.69) is 0 Å². The fourth-order valence-corrected chi connectivity index (χ4v) is 3.09. The molecule has 5 heteroatoms. The van der Waals surface area contributed by atoms with Gasteiger partial charge in [0.15, 0.2) is 0 Å². The molecular weight excluding hydrogens is 330 g/mol. The zero-order chi connectivity index (χ0) is 18.8. The molecule has 2 aromatic rings. The van der Waals surface area contributed by atoms with E-state index in [-0.39, 0.29) is 23.9 Å². The Morgan fingerprint density at radius 2 is 1.77 bits per heavy atom. The van der Waals surface area contributed by atoms with Crippen LogP contribution in [-0.4, -0.2) is 25.1 Å². The lowest BCUT2D eigenvalue weighted by molar-refractivity contribution is -0.141. The van der Waals surface area contributed by atoms with E-state index in [0.29, 0.717) is 17.9 Å². The summed E-state index contributed by atoms with van der Waals surface area (Å²) in [6.07, 6.45) is 0.0602. The molecule has 1 aliphatic heterocycles. The second-order valence-electron chi connectivity index (χ2n) is 6.71. The van der Waals surface area contributed by atoms with Gasteiger partial charge in [-0.3, -0.25) is 9.59 Å². The van der Waals surface area contributed by atoms with E-state index < -0.39 is 0 Å². The molecule has 0 saturated heterocycles. The summed E-state index contributed by atoms with van der Waals surface area (Å²) in [5.41, 5.74) is 3.32. The number of hydrogen-bond acceptors (Lipinski definition) is 4. The number of rotatable bonds is 5. The van der Waals surface area contributed by atoms with Gasteiger partial charge in [-0.15, -0.1) is 0 Å². The molecule has 3 rings (SSSR count). The van der Waals surface area contributed by atoms with Crippen LogP contribution in [0.5, 0.6) is 5.75 Å². The standard InChI is InChI=1S/C21H23NO4/c1-13(2)26-18-10-7-16-12-22(20(23)19(16)11-18)17-8-5-15(6-9-17)14(3)21(24)25-4/h5-11,13-14H,12H2,1-4H3. The second-order valence-corrected chi connectivity index (χ2v) is 6.71. The molecule has 0 bridgehead atoms. The van der Waals surface area contributed by atoms with Crippen molar-refractivity contribution < 1.29 is 19.1 Å². The SMILES string of the molecule is COC(=O)C(C)c1ccc(N2Cc3ccc(OC(C)C)cc3C2=O)cc1. The van der Waals surface area contributed by atoms with Crippen LogP contribution in [0.4, 0.5) is 5.69 Å². The predicted molar refractivity (Wildman–Crippen MR) is 99.6 cm³/mol. The molecule has 1 amide bonds. The topological polar surface area (TPSA) is 55.8 Å². The maximum absolute atomic E-state index is 12.8. The summed E-state index contributed by atoms with van der Waals surface area (Å²) in [7, 11) is 1.38. The minimum Gasteiger partial charge on any atom is -0.491 e. The van der Waals surface area contributed by atoms with Crippen LogP contribution in [0, 0.1) is 0 Å². The molecule has 0 aliphatic carbocycles. The van der Waals surface area contributed by atoms with Crippen LogP contribution in [0.3, 0.4) is 0 Å². The molecular formula is C21H23NO4. The van der Waals surface area contributed by atoms with Gasteiger partial charge in [0.2, 0.25) is 0 Å². The van der Waals surface area contributed by atoms with Crippen molar-refractivity contribution in [3.05, 3.63) is 59.2 Å². The highest BCUT2D eigenvalue weighted by Gasteiger charge is 2.29. The van der Waals surface area contributed by atoms with Crippen molar-refractivity contribution in [3.8, 4) is 5.75 Å². The van der Waals surface area contributed by atoms with E-state index in [1.807, 2.05) is 56.3 Å². The maximum Gasteiger partial charge on any atom is 0.312 e. The first-order valence-electron chi connectivity index (χ1n) is 8.70. The molecule has 1 aliphatic rings. The number of anilines is 1. The fourth-order valence-electron chi connectivity index (χ4n) is 3.09. The number of carbonyl (C=O) groups is 2. The predicted octanol–water partition coefficient (Wildman–Crippen LogP) is 3.91. The number of amides is 1. The summed E-state index contributed by atoms with van der Waals surface area (Å²) in [5, 5.41) is 0. The quantitative estimate of drug-likeness (QED) is 0.765. The lowest BCUT2D eigenvalue weighted by atomic mass is 10.0. The van der Waals surface area contributed by atoms with Crippen molar-refractivity contribution in [3.63, 3.8) is 0 Å². The molecule has 0 fully saturated rings. The largest absolute Gasteiger partial charge is 0.491 e. The molecule has 0 spiro atoms. The Morgan fingerprint density at radius 3 is 2.38 bits per heavy atom. The lowest BCUT2D eigenvalue weighted by Crippen LogP contribution is -2.23. The summed E-state index contributed by atoms with van der Waals surface area (Å²) in [6.45, 7) is 6.24. The third-order valence-electron chi connectivity index (χ3n) is 4.52. The number of ether oxygens (including phenoxy) is 2. The Balaban J connectivity index is 1.80. The number of carbonyl (C=O) groups excluding carboxylic acids is 2. The zero-order valence-corrected chi connectivity index (χ0v) is 15.5. The number of methoxy groups -OCH3 is 1. The number of hydrogen-bond donors (Lipinski definition) is 0. The van der Waals surface area contributed by atoms with Crippen molar-refractivity contribution in [2.75, 3.05) is 12.0 Å². The van der Waals surface area contributed by atoms with Crippen LogP contribution >= 0.6 is 0 Å². The van der Waals surface area contributed by atoms with Crippen molar-refractivity contribution in [2.45, 2.75) is 39.3 Å². The van der Waals surface area contributed by atoms with Crippen LogP contribution in [0.25, 0.3) is 0 Å². The van der Waals surface area contributed by atoms with E-state index >= 15 is 0 Å². The fraction of sp³-hybridized carbons (Fsp3) is 0.333. The highest BCUT2D eigenvalue weighted by molar-refractivity contribution is 6.10. The average Bonchev–Trinajstić information content (AvgIpc) is 2.96. The maximum atomic E-state index is 12.8. The summed E-state index contributed by atoms with van der Waals surface area (Å²) in [5.74, 6) is 0.0514. The Hall–Kier alpha value is -2.82. The summed E-state index contributed by atoms with van der Waals surface area (Å²) in [4.78, 5) is 26.2. The first-order chi connectivity index (χ1) is 12.4. The molecule has 26 heavy (non-hydrogen) atoms. The van der Waals surface area contributed by atoms with Gasteiger partial charge in [-0.05, 0) is 56.2 Å². The van der Waals surface area contributed by atoms with Crippen LogP contribution in [-0.2, 0) is 16.1 Å². The molecule has 0 N–H and O–H groups in total. The number of nitrogens with zero attached hydrogens (tertiary/aromatic N) is 1. The van der Waals surface area contributed by atoms with Gasteiger partial charge in [0.1, 0.15) is 5.75 Å². The molecule has 1 unspecified atom stereocenters. The Kier molecular flexibility index (Phi) is 4.98. The molecule has 136 valence electrons. The van der Waals surface area contributed by atoms with E-state index in [0.717, 1.165) is 16.8 Å². The summed E-state index contributed by atoms with van der Waals surface area (Å²) >= 11 is 0. The monoisotopic (exact) mass is 353 g/mol. The van der Waals surface area contributed by atoms with Gasteiger partial charge >= 0.3 is 5.97 Å². The van der Waals surface area contributed by atoms with Crippen molar-refractivity contribution in [1.82, 2.24) is 0 Å². The Labute approximate surface area is 153 Å². The molecule has 5 nitrogen and oxygen atoms in total. The van der Waals surface area contributed by atoms with Crippen molar-refractivity contribution >= 4 is 17.6 Å². The lowest BCUT2D eigenvalue weighted by Gasteiger charge is -2.17.